The van der Waals surface area contributed by atoms with Gasteiger partial charge in [0, 0.05) is 11.3 Å². The zero-order chi connectivity index (χ0) is 23.8. The number of aromatic nitrogens is 1. The molecule has 1 aromatic heterocycles. The second-order valence-electron chi connectivity index (χ2n) is 8.63. The fourth-order valence-electron chi connectivity index (χ4n) is 4.53. The molecule has 0 radical (unpaired) electrons. The first-order chi connectivity index (χ1) is 14.9. The van der Waals surface area contributed by atoms with Crippen molar-refractivity contribution >= 4 is 27.4 Å². The van der Waals surface area contributed by atoms with Crippen LogP contribution in [0.25, 0.3) is 0 Å². The van der Waals surface area contributed by atoms with Crippen LogP contribution in [-0.4, -0.2) is 42.3 Å². The number of aryl methyl sites for hydroxylation is 3. The van der Waals surface area contributed by atoms with Gasteiger partial charge in [-0.1, -0.05) is 18.9 Å². The van der Waals surface area contributed by atoms with Gasteiger partial charge in [-0.2, -0.15) is 0 Å². The van der Waals surface area contributed by atoms with Gasteiger partial charge in [-0.05, 0) is 76.3 Å². The molecule has 1 aliphatic rings. The van der Waals surface area contributed by atoms with Crippen LogP contribution in [0.4, 0.5) is 0 Å². The van der Waals surface area contributed by atoms with Gasteiger partial charge in [0.1, 0.15) is 0 Å². The van der Waals surface area contributed by atoms with Gasteiger partial charge in [0.25, 0.3) is 0 Å². The Balaban J connectivity index is 1.86. The van der Waals surface area contributed by atoms with Gasteiger partial charge in [-0.25, -0.2) is 8.42 Å². The van der Waals surface area contributed by atoms with Crippen molar-refractivity contribution in [3.05, 3.63) is 51.8 Å². The van der Waals surface area contributed by atoms with E-state index in [4.69, 9.17) is 4.74 Å². The number of nitrogens with one attached hydrogen (secondary N) is 1. The average molecular weight is 460 g/mol. The number of carbonyl (C=O) groups excluding carboxylic acids is 3. The van der Waals surface area contributed by atoms with Crippen LogP contribution in [0.5, 0.6) is 0 Å². The lowest BCUT2D eigenvalue weighted by molar-refractivity contribution is -0.145. The van der Waals surface area contributed by atoms with E-state index in [9.17, 15) is 22.8 Å². The summed E-state index contributed by atoms with van der Waals surface area (Å²) in [4.78, 5) is 40.6. The molecule has 3 rings (SSSR count). The van der Waals surface area contributed by atoms with Gasteiger partial charge in [-0.3, -0.25) is 14.4 Å². The third-order valence-corrected chi connectivity index (χ3v) is 8.97. The summed E-state index contributed by atoms with van der Waals surface area (Å²) in [6.07, 6.45) is 1.49. The highest BCUT2D eigenvalue weighted by Gasteiger charge is 2.54. The molecule has 2 aromatic rings. The van der Waals surface area contributed by atoms with Crippen LogP contribution in [0.15, 0.2) is 23.1 Å². The fourth-order valence-corrected chi connectivity index (χ4v) is 6.66. The summed E-state index contributed by atoms with van der Waals surface area (Å²) in [6, 6.07) is 4.82. The molecular formula is C24H29NO6S. The largest absolute Gasteiger partial charge is 0.456 e. The van der Waals surface area contributed by atoms with Crippen LogP contribution in [0.2, 0.25) is 0 Å². The highest BCUT2D eigenvalue weighted by atomic mass is 32.2. The summed E-state index contributed by atoms with van der Waals surface area (Å²) < 4.78 is 30.7. The van der Waals surface area contributed by atoms with Gasteiger partial charge < -0.3 is 9.72 Å². The molecule has 1 aromatic carbocycles. The second kappa shape index (κ2) is 8.65. The molecule has 0 atom stereocenters. The van der Waals surface area contributed by atoms with E-state index in [2.05, 4.69) is 4.98 Å². The molecule has 0 spiro atoms. The number of H-pyrrole nitrogens is 1. The third kappa shape index (κ3) is 3.92. The Morgan fingerprint density at radius 1 is 1.03 bits per heavy atom. The van der Waals surface area contributed by atoms with Gasteiger partial charge in [0.2, 0.25) is 5.78 Å². The minimum absolute atomic E-state index is 0.0905. The monoisotopic (exact) mass is 459 g/mol. The topological polar surface area (TPSA) is 110 Å². The van der Waals surface area contributed by atoms with Crippen molar-refractivity contribution in [2.24, 2.45) is 0 Å². The minimum atomic E-state index is -4.01. The van der Waals surface area contributed by atoms with Gasteiger partial charge in [0.05, 0.1) is 10.6 Å². The molecule has 1 saturated carbocycles. The molecule has 8 heteroatoms. The maximum atomic E-state index is 13.5. The number of hydrogen-bond donors (Lipinski definition) is 1. The van der Waals surface area contributed by atoms with E-state index in [1.165, 1.54) is 13.0 Å². The normalized spacial score (nSPS) is 15.5. The molecule has 1 heterocycles. The fraction of sp³-hybridized carbons (Fsp3) is 0.458. The van der Waals surface area contributed by atoms with Crippen LogP contribution >= 0.6 is 0 Å². The zero-order valence-corrected chi connectivity index (χ0v) is 19.9. The van der Waals surface area contributed by atoms with Gasteiger partial charge in [-0.15, -0.1) is 0 Å². The highest BCUT2D eigenvalue weighted by molar-refractivity contribution is 7.93. The molecule has 0 unspecified atom stereocenters. The van der Waals surface area contributed by atoms with Crippen molar-refractivity contribution in [1.29, 1.82) is 0 Å². The molecule has 0 amide bonds. The van der Waals surface area contributed by atoms with Crippen LogP contribution in [0.3, 0.4) is 0 Å². The molecule has 0 saturated heterocycles. The van der Waals surface area contributed by atoms with E-state index in [1.54, 1.807) is 26.0 Å². The average Bonchev–Trinajstić information content (AvgIpc) is 3.33. The van der Waals surface area contributed by atoms with Crippen molar-refractivity contribution < 1.29 is 27.5 Å². The minimum Gasteiger partial charge on any atom is -0.456 e. The van der Waals surface area contributed by atoms with Gasteiger partial charge in [0.15, 0.2) is 27.0 Å². The number of ether oxygens (including phenoxy) is 1. The Morgan fingerprint density at radius 2 is 1.66 bits per heavy atom. The molecule has 1 aliphatic carbocycles. The van der Waals surface area contributed by atoms with Crippen molar-refractivity contribution in [2.75, 3.05) is 6.61 Å². The van der Waals surface area contributed by atoms with E-state index in [1.807, 2.05) is 13.8 Å². The number of carbonyl (C=O) groups is 3. The Hall–Kier alpha value is -2.74. The summed E-state index contributed by atoms with van der Waals surface area (Å²) in [6.45, 7) is 7.87. The number of Topliss-reactive ketones (excluding diaryl/α,β-unsaturated/α-hetero) is 2. The first-order valence-corrected chi connectivity index (χ1v) is 12.1. The first kappa shape index (κ1) is 23.9. The van der Waals surface area contributed by atoms with Crippen molar-refractivity contribution in [2.45, 2.75) is 69.9 Å². The SMILES string of the molecule is CC(=O)c1c(C)[nH]c(C(=O)COC(=O)C2(S(=O)(=O)c3ccc(C)c(C)c3)CCCC2)c1C. The third-order valence-electron chi connectivity index (χ3n) is 6.49. The lowest BCUT2D eigenvalue weighted by Gasteiger charge is -2.26. The highest BCUT2D eigenvalue weighted by Crippen LogP contribution is 2.42. The molecule has 7 nitrogen and oxygen atoms in total. The summed E-state index contributed by atoms with van der Waals surface area (Å²) in [5.74, 6) is -1.57. The van der Waals surface area contributed by atoms with E-state index < -0.39 is 32.9 Å². The molecule has 1 fully saturated rings. The summed E-state index contributed by atoms with van der Waals surface area (Å²) in [7, 11) is -4.01. The Morgan fingerprint density at radius 3 is 2.19 bits per heavy atom. The predicted octanol–water partition coefficient (Wildman–Crippen LogP) is 3.96. The maximum absolute atomic E-state index is 13.5. The summed E-state index contributed by atoms with van der Waals surface area (Å²) >= 11 is 0. The van der Waals surface area contributed by atoms with E-state index >= 15 is 0 Å². The maximum Gasteiger partial charge on any atom is 0.328 e. The standard InChI is InChI=1S/C24H29NO6S/c1-14-8-9-19(12-15(14)2)32(29,30)24(10-6-7-11-24)23(28)31-13-20(27)22-16(3)21(18(5)26)17(4)25-22/h8-9,12,25H,6-7,10-11,13H2,1-5H3. The molecule has 1 N–H and O–H groups in total. The Bertz CT molecular complexity index is 1200. The predicted molar refractivity (Wildman–Crippen MR) is 120 cm³/mol. The summed E-state index contributed by atoms with van der Waals surface area (Å²) in [5, 5.41) is 0. The smallest absolute Gasteiger partial charge is 0.328 e. The van der Waals surface area contributed by atoms with Crippen LogP contribution < -0.4 is 0 Å². The van der Waals surface area contributed by atoms with Crippen LogP contribution in [0.1, 0.15) is 75.8 Å². The lowest BCUT2D eigenvalue weighted by Crippen LogP contribution is -2.45. The molecule has 172 valence electrons. The molecule has 32 heavy (non-hydrogen) atoms. The lowest BCUT2D eigenvalue weighted by atomic mass is 10.1. The number of aromatic amines is 1. The number of rotatable bonds is 7. The quantitative estimate of drug-likeness (QED) is 0.496. The second-order valence-corrected chi connectivity index (χ2v) is 10.9. The molecular weight excluding hydrogens is 430 g/mol. The molecule has 0 aliphatic heterocycles. The number of esters is 1. The molecule has 0 bridgehead atoms. The van der Waals surface area contributed by atoms with E-state index in [-0.39, 0.29) is 29.2 Å². The Kier molecular flexibility index (Phi) is 6.47. The first-order valence-electron chi connectivity index (χ1n) is 10.6. The van der Waals surface area contributed by atoms with Crippen LogP contribution in [-0.2, 0) is 19.4 Å². The van der Waals surface area contributed by atoms with E-state index in [0.29, 0.717) is 29.7 Å². The van der Waals surface area contributed by atoms with Crippen molar-refractivity contribution in [3.63, 3.8) is 0 Å². The van der Waals surface area contributed by atoms with Gasteiger partial charge >= 0.3 is 5.97 Å². The van der Waals surface area contributed by atoms with E-state index in [0.717, 1.165) is 11.1 Å². The number of hydrogen-bond acceptors (Lipinski definition) is 6. The number of ketones is 2. The zero-order valence-electron chi connectivity index (χ0n) is 19.1. The number of benzene rings is 1. The van der Waals surface area contributed by atoms with Crippen molar-refractivity contribution in [3.8, 4) is 0 Å². The summed E-state index contributed by atoms with van der Waals surface area (Å²) in [5.41, 5.74) is 3.46. The van der Waals surface area contributed by atoms with Crippen LogP contribution in [0, 0.1) is 27.7 Å². The van der Waals surface area contributed by atoms with Crippen molar-refractivity contribution in [1.82, 2.24) is 4.98 Å². The number of sulfone groups is 1. The Labute approximate surface area is 188 Å².